The number of rotatable bonds is 1. The van der Waals surface area contributed by atoms with Crippen LogP contribution in [0.5, 0.6) is 0 Å². The van der Waals surface area contributed by atoms with Crippen molar-refractivity contribution in [3.05, 3.63) is 65.7 Å². The molecule has 0 unspecified atom stereocenters. The number of amides is 1. The maximum Gasteiger partial charge on any atom is 0.254 e. The topological polar surface area (TPSA) is 38.1 Å². The summed E-state index contributed by atoms with van der Waals surface area (Å²) in [5.41, 5.74) is 2.41. The highest BCUT2D eigenvalue weighted by molar-refractivity contribution is 5.94. The molecule has 1 aromatic heterocycles. The van der Waals surface area contributed by atoms with Crippen LogP contribution in [0, 0.1) is 5.82 Å². The number of halogens is 1. The van der Waals surface area contributed by atoms with Crippen LogP contribution in [-0.2, 0) is 13.1 Å². The monoisotopic (exact) mass is 295 g/mol. The van der Waals surface area contributed by atoms with Crippen LogP contribution < -0.4 is 0 Å². The molecule has 0 saturated carbocycles. The third kappa shape index (κ3) is 2.06. The van der Waals surface area contributed by atoms with E-state index in [1.54, 1.807) is 17.0 Å². The molecule has 3 aromatic rings. The van der Waals surface area contributed by atoms with Gasteiger partial charge < -0.3 is 9.47 Å². The maximum atomic E-state index is 13.3. The van der Waals surface area contributed by atoms with Gasteiger partial charge in [0.2, 0.25) is 0 Å². The molecule has 1 aliphatic rings. The summed E-state index contributed by atoms with van der Waals surface area (Å²) in [5.74, 6) is 0.324. The normalized spacial score (nSPS) is 14.1. The number of nitrogens with zero attached hydrogens (tertiary/aromatic N) is 3. The van der Waals surface area contributed by atoms with E-state index in [0.29, 0.717) is 25.2 Å². The van der Waals surface area contributed by atoms with E-state index in [1.807, 2.05) is 24.3 Å². The van der Waals surface area contributed by atoms with Gasteiger partial charge >= 0.3 is 0 Å². The van der Waals surface area contributed by atoms with Gasteiger partial charge in [-0.25, -0.2) is 9.37 Å². The lowest BCUT2D eigenvalue weighted by Gasteiger charge is -2.28. The molecule has 0 spiro atoms. The SMILES string of the molecule is O=C(c1cccc(F)c1)N1CCn2c(nc3ccccc32)C1. The van der Waals surface area contributed by atoms with Crippen molar-refractivity contribution in [2.24, 2.45) is 0 Å². The highest BCUT2D eigenvalue weighted by Crippen LogP contribution is 2.21. The van der Waals surface area contributed by atoms with Crippen LogP contribution in [-0.4, -0.2) is 26.9 Å². The van der Waals surface area contributed by atoms with Gasteiger partial charge in [0.1, 0.15) is 11.6 Å². The third-order valence-corrected chi connectivity index (χ3v) is 4.02. The first-order valence-corrected chi connectivity index (χ1v) is 7.21. The molecule has 110 valence electrons. The lowest BCUT2D eigenvalue weighted by molar-refractivity contribution is 0.0708. The molecule has 0 N–H and O–H groups in total. The summed E-state index contributed by atoms with van der Waals surface area (Å²) in [6.07, 6.45) is 0. The van der Waals surface area contributed by atoms with Crippen LogP contribution >= 0.6 is 0 Å². The van der Waals surface area contributed by atoms with Crippen molar-refractivity contribution in [2.75, 3.05) is 6.54 Å². The maximum absolute atomic E-state index is 13.3. The van der Waals surface area contributed by atoms with E-state index in [-0.39, 0.29) is 5.91 Å². The van der Waals surface area contributed by atoms with Crippen molar-refractivity contribution in [3.8, 4) is 0 Å². The third-order valence-electron chi connectivity index (χ3n) is 4.02. The molecule has 0 atom stereocenters. The largest absolute Gasteiger partial charge is 0.329 e. The minimum absolute atomic E-state index is 0.155. The van der Waals surface area contributed by atoms with E-state index in [2.05, 4.69) is 9.55 Å². The van der Waals surface area contributed by atoms with Crippen LogP contribution in [0.3, 0.4) is 0 Å². The summed E-state index contributed by atoms with van der Waals surface area (Å²) in [7, 11) is 0. The fourth-order valence-electron chi connectivity index (χ4n) is 2.94. The fraction of sp³-hybridized carbons (Fsp3) is 0.176. The molecule has 0 bridgehead atoms. The van der Waals surface area contributed by atoms with E-state index in [1.165, 1.54) is 12.1 Å². The Morgan fingerprint density at radius 3 is 2.82 bits per heavy atom. The number of fused-ring (bicyclic) bond motifs is 3. The van der Waals surface area contributed by atoms with Gasteiger partial charge in [0, 0.05) is 18.7 Å². The lowest BCUT2D eigenvalue weighted by atomic mass is 10.2. The number of carbonyl (C=O) groups is 1. The Hall–Kier alpha value is -2.69. The van der Waals surface area contributed by atoms with Gasteiger partial charge in [-0.1, -0.05) is 18.2 Å². The van der Waals surface area contributed by atoms with Gasteiger partial charge in [-0.3, -0.25) is 4.79 Å². The second kappa shape index (κ2) is 4.94. The Morgan fingerprint density at radius 1 is 1.09 bits per heavy atom. The number of aromatic nitrogens is 2. The number of hydrogen-bond donors (Lipinski definition) is 0. The van der Waals surface area contributed by atoms with Crippen LogP contribution in [0.2, 0.25) is 0 Å². The zero-order valence-corrected chi connectivity index (χ0v) is 11.9. The number of para-hydroxylation sites is 2. The fourth-order valence-corrected chi connectivity index (χ4v) is 2.94. The summed E-state index contributed by atoms with van der Waals surface area (Å²) >= 11 is 0. The first-order valence-electron chi connectivity index (χ1n) is 7.21. The molecule has 22 heavy (non-hydrogen) atoms. The Morgan fingerprint density at radius 2 is 1.95 bits per heavy atom. The zero-order valence-electron chi connectivity index (χ0n) is 11.9. The molecule has 2 heterocycles. The van der Waals surface area contributed by atoms with E-state index in [9.17, 15) is 9.18 Å². The molecule has 0 fully saturated rings. The molecule has 1 amide bonds. The van der Waals surface area contributed by atoms with Gasteiger partial charge in [-0.05, 0) is 30.3 Å². The Balaban J connectivity index is 1.65. The average molecular weight is 295 g/mol. The van der Waals surface area contributed by atoms with Gasteiger partial charge in [0.15, 0.2) is 0 Å². The Bertz CT molecular complexity index is 871. The second-order valence-electron chi connectivity index (χ2n) is 5.41. The van der Waals surface area contributed by atoms with E-state index in [4.69, 9.17) is 0 Å². The van der Waals surface area contributed by atoms with Crippen LogP contribution in [0.1, 0.15) is 16.2 Å². The summed E-state index contributed by atoms with van der Waals surface area (Å²) in [6, 6.07) is 13.8. The van der Waals surface area contributed by atoms with Gasteiger partial charge in [-0.15, -0.1) is 0 Å². The minimum Gasteiger partial charge on any atom is -0.329 e. The molecule has 0 aliphatic carbocycles. The van der Waals surface area contributed by atoms with Crippen molar-refractivity contribution < 1.29 is 9.18 Å². The Kier molecular flexibility index (Phi) is 2.92. The second-order valence-corrected chi connectivity index (χ2v) is 5.41. The van der Waals surface area contributed by atoms with E-state index in [0.717, 1.165) is 16.9 Å². The Labute approximate surface area is 126 Å². The molecule has 1 aliphatic heterocycles. The first-order chi connectivity index (χ1) is 10.7. The van der Waals surface area contributed by atoms with E-state index >= 15 is 0 Å². The quantitative estimate of drug-likeness (QED) is 0.692. The van der Waals surface area contributed by atoms with Crippen molar-refractivity contribution >= 4 is 16.9 Å². The summed E-state index contributed by atoms with van der Waals surface area (Å²) in [6.45, 7) is 1.75. The molecule has 2 aromatic carbocycles. The van der Waals surface area contributed by atoms with Crippen molar-refractivity contribution in [1.82, 2.24) is 14.5 Å². The average Bonchev–Trinajstić information content (AvgIpc) is 2.91. The molecule has 5 heteroatoms. The number of carbonyl (C=O) groups excluding carboxylic acids is 1. The number of imidazole rings is 1. The van der Waals surface area contributed by atoms with Gasteiger partial charge in [-0.2, -0.15) is 0 Å². The summed E-state index contributed by atoms with van der Waals surface area (Å²) in [5, 5.41) is 0. The number of hydrogen-bond acceptors (Lipinski definition) is 2. The molecular weight excluding hydrogens is 281 g/mol. The van der Waals surface area contributed by atoms with Crippen molar-refractivity contribution in [2.45, 2.75) is 13.1 Å². The molecular formula is C17H14FN3O. The molecule has 0 saturated heterocycles. The summed E-state index contributed by atoms with van der Waals surface area (Å²) in [4.78, 5) is 18.8. The van der Waals surface area contributed by atoms with Crippen LogP contribution in [0.15, 0.2) is 48.5 Å². The predicted molar refractivity (Wildman–Crippen MR) is 80.9 cm³/mol. The smallest absolute Gasteiger partial charge is 0.254 e. The van der Waals surface area contributed by atoms with Gasteiger partial charge in [0.25, 0.3) is 5.91 Å². The summed E-state index contributed by atoms with van der Waals surface area (Å²) < 4.78 is 15.4. The van der Waals surface area contributed by atoms with Crippen LogP contribution in [0.4, 0.5) is 4.39 Å². The lowest BCUT2D eigenvalue weighted by Crippen LogP contribution is -2.38. The predicted octanol–water partition coefficient (Wildman–Crippen LogP) is 2.83. The van der Waals surface area contributed by atoms with Crippen LogP contribution in [0.25, 0.3) is 11.0 Å². The molecule has 4 nitrogen and oxygen atoms in total. The minimum atomic E-state index is -0.393. The van der Waals surface area contributed by atoms with Crippen molar-refractivity contribution in [1.29, 1.82) is 0 Å². The van der Waals surface area contributed by atoms with Gasteiger partial charge in [0.05, 0.1) is 17.6 Å². The molecule has 0 radical (unpaired) electrons. The highest BCUT2D eigenvalue weighted by atomic mass is 19.1. The number of benzene rings is 2. The zero-order chi connectivity index (χ0) is 15.1. The van der Waals surface area contributed by atoms with E-state index < -0.39 is 5.82 Å². The first kappa shape index (κ1) is 13.0. The highest BCUT2D eigenvalue weighted by Gasteiger charge is 2.24. The standard InChI is InChI=1S/C17H14FN3O/c18-13-5-3-4-12(10-13)17(22)20-8-9-21-15-7-2-1-6-14(15)19-16(21)11-20/h1-7,10H,8-9,11H2. The van der Waals surface area contributed by atoms with Crippen molar-refractivity contribution in [3.63, 3.8) is 0 Å². The molecule has 4 rings (SSSR count).